The van der Waals surface area contributed by atoms with Gasteiger partial charge in [-0.25, -0.2) is 0 Å². The predicted octanol–water partition coefficient (Wildman–Crippen LogP) is 2.37. The second kappa shape index (κ2) is 3.79. The molecule has 14 heavy (non-hydrogen) atoms. The van der Waals surface area contributed by atoms with Gasteiger partial charge in [0.25, 0.3) is 0 Å². The van der Waals surface area contributed by atoms with Crippen molar-refractivity contribution in [2.24, 2.45) is 7.05 Å². The standard InChI is InChI=1S/C9H8BrN3O/c1-13-6-8(10)12-9(13)14-7-3-2-4-11-5-7/h2-6H,1H3. The third-order valence-electron chi connectivity index (χ3n) is 1.65. The van der Waals surface area contributed by atoms with Crippen molar-refractivity contribution in [3.05, 3.63) is 35.3 Å². The number of hydrogen-bond donors (Lipinski definition) is 0. The molecule has 0 aliphatic carbocycles. The highest BCUT2D eigenvalue weighted by Crippen LogP contribution is 2.20. The molecular weight excluding hydrogens is 246 g/mol. The summed E-state index contributed by atoms with van der Waals surface area (Å²) >= 11 is 3.27. The van der Waals surface area contributed by atoms with Crippen LogP contribution in [-0.2, 0) is 7.05 Å². The summed E-state index contributed by atoms with van der Waals surface area (Å²) in [7, 11) is 1.86. The van der Waals surface area contributed by atoms with Gasteiger partial charge in [-0.05, 0) is 28.1 Å². The zero-order chi connectivity index (χ0) is 9.97. The van der Waals surface area contributed by atoms with E-state index in [1.807, 2.05) is 25.4 Å². The van der Waals surface area contributed by atoms with Crippen molar-refractivity contribution in [1.82, 2.24) is 14.5 Å². The van der Waals surface area contributed by atoms with Gasteiger partial charge in [0.2, 0.25) is 0 Å². The molecule has 0 aromatic carbocycles. The maximum absolute atomic E-state index is 5.49. The van der Waals surface area contributed by atoms with Crippen LogP contribution in [0.15, 0.2) is 35.3 Å². The number of ether oxygens (including phenoxy) is 1. The largest absolute Gasteiger partial charge is 0.424 e. The van der Waals surface area contributed by atoms with E-state index in [1.54, 1.807) is 17.0 Å². The van der Waals surface area contributed by atoms with Crippen LogP contribution in [0.25, 0.3) is 0 Å². The fourth-order valence-corrected chi connectivity index (χ4v) is 1.48. The lowest BCUT2D eigenvalue weighted by molar-refractivity contribution is 0.423. The van der Waals surface area contributed by atoms with Crippen molar-refractivity contribution in [3.63, 3.8) is 0 Å². The molecule has 0 saturated carbocycles. The fraction of sp³-hybridized carbons (Fsp3) is 0.111. The van der Waals surface area contributed by atoms with Crippen LogP contribution in [0.3, 0.4) is 0 Å². The highest BCUT2D eigenvalue weighted by molar-refractivity contribution is 9.10. The molecule has 4 nitrogen and oxygen atoms in total. The number of rotatable bonds is 2. The third kappa shape index (κ3) is 1.93. The molecule has 5 heteroatoms. The van der Waals surface area contributed by atoms with Gasteiger partial charge in [-0.15, -0.1) is 0 Å². The number of halogens is 1. The molecule has 0 aliphatic rings. The van der Waals surface area contributed by atoms with E-state index in [2.05, 4.69) is 25.9 Å². The smallest absolute Gasteiger partial charge is 0.302 e. The quantitative estimate of drug-likeness (QED) is 0.825. The lowest BCUT2D eigenvalue weighted by Crippen LogP contribution is -1.93. The molecule has 0 saturated heterocycles. The highest BCUT2D eigenvalue weighted by Gasteiger charge is 2.04. The SMILES string of the molecule is Cn1cc(Br)nc1Oc1cccnc1. The first-order valence-electron chi connectivity index (χ1n) is 4.02. The van der Waals surface area contributed by atoms with Gasteiger partial charge in [-0.1, -0.05) is 0 Å². The predicted molar refractivity (Wildman–Crippen MR) is 55.2 cm³/mol. The van der Waals surface area contributed by atoms with Crippen molar-refractivity contribution >= 4 is 15.9 Å². The molecule has 2 aromatic heterocycles. The van der Waals surface area contributed by atoms with Gasteiger partial charge in [0.1, 0.15) is 10.4 Å². The monoisotopic (exact) mass is 253 g/mol. The molecule has 0 spiro atoms. The Bertz CT molecular complexity index is 427. The summed E-state index contributed by atoms with van der Waals surface area (Å²) in [4.78, 5) is 8.08. The molecule has 0 bridgehead atoms. The second-order valence-corrected chi connectivity index (χ2v) is 3.56. The number of aryl methyl sites for hydroxylation is 1. The lowest BCUT2D eigenvalue weighted by Gasteiger charge is -2.02. The van der Waals surface area contributed by atoms with E-state index >= 15 is 0 Å². The van der Waals surface area contributed by atoms with Gasteiger partial charge in [-0.2, -0.15) is 4.98 Å². The maximum Gasteiger partial charge on any atom is 0.302 e. The zero-order valence-electron chi connectivity index (χ0n) is 7.51. The molecule has 0 atom stereocenters. The minimum Gasteiger partial charge on any atom is -0.424 e. The molecule has 0 aliphatic heterocycles. The van der Waals surface area contributed by atoms with Crippen LogP contribution in [0.5, 0.6) is 11.8 Å². The van der Waals surface area contributed by atoms with Crippen molar-refractivity contribution in [2.45, 2.75) is 0 Å². The highest BCUT2D eigenvalue weighted by atomic mass is 79.9. The number of hydrogen-bond acceptors (Lipinski definition) is 3. The summed E-state index contributed by atoms with van der Waals surface area (Å²) in [6.07, 6.45) is 5.16. The summed E-state index contributed by atoms with van der Waals surface area (Å²) in [6.45, 7) is 0. The van der Waals surface area contributed by atoms with Gasteiger partial charge in [-0.3, -0.25) is 4.98 Å². The number of imidazole rings is 1. The van der Waals surface area contributed by atoms with E-state index in [-0.39, 0.29) is 0 Å². The normalized spacial score (nSPS) is 10.1. The van der Waals surface area contributed by atoms with E-state index in [4.69, 9.17) is 4.74 Å². The molecule has 2 rings (SSSR count). The Labute approximate surface area is 89.7 Å². The average molecular weight is 254 g/mol. The first-order chi connectivity index (χ1) is 6.75. The topological polar surface area (TPSA) is 39.9 Å². The Morgan fingerprint density at radius 1 is 1.50 bits per heavy atom. The maximum atomic E-state index is 5.49. The van der Waals surface area contributed by atoms with Crippen LogP contribution < -0.4 is 4.74 Å². The molecule has 0 unspecified atom stereocenters. The Morgan fingerprint density at radius 3 is 2.93 bits per heavy atom. The minimum absolute atomic E-state index is 0.532. The average Bonchev–Trinajstić information content (AvgIpc) is 2.47. The summed E-state index contributed by atoms with van der Waals surface area (Å²) in [6, 6.07) is 4.17. The number of aromatic nitrogens is 3. The van der Waals surface area contributed by atoms with Crippen LogP contribution in [0, 0.1) is 0 Å². The molecule has 0 fully saturated rings. The van der Waals surface area contributed by atoms with Gasteiger partial charge >= 0.3 is 6.01 Å². The van der Waals surface area contributed by atoms with E-state index in [0.29, 0.717) is 11.8 Å². The van der Waals surface area contributed by atoms with Crippen molar-refractivity contribution in [1.29, 1.82) is 0 Å². The third-order valence-corrected chi connectivity index (χ3v) is 2.03. The second-order valence-electron chi connectivity index (χ2n) is 2.75. The number of pyridine rings is 1. The Balaban J connectivity index is 2.23. The molecule has 0 radical (unpaired) electrons. The van der Waals surface area contributed by atoms with Crippen LogP contribution >= 0.6 is 15.9 Å². The van der Waals surface area contributed by atoms with Gasteiger partial charge < -0.3 is 9.30 Å². The van der Waals surface area contributed by atoms with E-state index in [0.717, 1.165) is 4.60 Å². The summed E-state index contributed by atoms with van der Waals surface area (Å²) in [5, 5.41) is 0. The Kier molecular flexibility index (Phi) is 2.49. The lowest BCUT2D eigenvalue weighted by atomic mass is 10.5. The van der Waals surface area contributed by atoms with E-state index in [9.17, 15) is 0 Å². The molecule has 2 heterocycles. The summed E-state index contributed by atoms with van der Waals surface area (Å²) < 4.78 is 8.03. The Hall–Kier alpha value is -1.36. The van der Waals surface area contributed by atoms with Crippen molar-refractivity contribution < 1.29 is 4.74 Å². The number of nitrogens with zero attached hydrogens (tertiary/aromatic N) is 3. The van der Waals surface area contributed by atoms with Crippen LogP contribution in [0.2, 0.25) is 0 Å². The molecule has 0 amide bonds. The molecule has 72 valence electrons. The molecular formula is C9H8BrN3O. The van der Waals surface area contributed by atoms with E-state index in [1.165, 1.54) is 0 Å². The minimum atomic E-state index is 0.532. The summed E-state index contributed by atoms with van der Waals surface area (Å²) in [5.41, 5.74) is 0. The van der Waals surface area contributed by atoms with Crippen LogP contribution in [0.4, 0.5) is 0 Å². The van der Waals surface area contributed by atoms with Gasteiger partial charge in [0.15, 0.2) is 0 Å². The fourth-order valence-electron chi connectivity index (χ4n) is 1.02. The molecule has 0 N–H and O–H groups in total. The van der Waals surface area contributed by atoms with Gasteiger partial charge in [0, 0.05) is 19.4 Å². The van der Waals surface area contributed by atoms with Crippen LogP contribution in [0.1, 0.15) is 0 Å². The Morgan fingerprint density at radius 2 is 2.36 bits per heavy atom. The van der Waals surface area contributed by atoms with Crippen molar-refractivity contribution in [2.75, 3.05) is 0 Å². The summed E-state index contributed by atoms with van der Waals surface area (Å²) in [5.74, 6) is 0.675. The first-order valence-corrected chi connectivity index (χ1v) is 4.82. The van der Waals surface area contributed by atoms with E-state index < -0.39 is 0 Å². The van der Waals surface area contributed by atoms with Crippen LogP contribution in [-0.4, -0.2) is 14.5 Å². The molecule has 2 aromatic rings. The first kappa shape index (κ1) is 9.21. The zero-order valence-corrected chi connectivity index (χ0v) is 9.10. The van der Waals surface area contributed by atoms with Crippen molar-refractivity contribution in [3.8, 4) is 11.8 Å². The van der Waals surface area contributed by atoms with Gasteiger partial charge in [0.05, 0.1) is 6.20 Å².